The second-order valence-electron chi connectivity index (χ2n) is 37.3. The lowest BCUT2D eigenvalue weighted by Gasteiger charge is -2.32. The Labute approximate surface area is 825 Å². The minimum atomic E-state index is -1.42. The molecular weight excluding hydrogens is 1810 g/mol. The van der Waals surface area contributed by atoms with Crippen LogP contribution in [0.3, 0.4) is 0 Å². The molecule has 12 atom stereocenters. The molecule has 2 saturated heterocycles. The highest BCUT2D eigenvalue weighted by Crippen LogP contribution is 2.45. The number of fused-ring (bicyclic) bond motifs is 7. The number of carbonyl (C=O) groups is 13. The fourth-order valence-corrected chi connectivity index (χ4v) is 19.7. The predicted octanol–water partition coefficient (Wildman–Crippen LogP) is 5.99. The number of carboxylic acid groups (broad SMARTS) is 1. The number of amides is 12. The Morgan fingerprint density at radius 1 is 0.317 bits per heavy atom. The van der Waals surface area contributed by atoms with Gasteiger partial charge in [-0.25, -0.2) is 9.59 Å². The molecule has 0 radical (unpaired) electrons. The van der Waals surface area contributed by atoms with Crippen LogP contribution in [0.15, 0.2) is 170 Å². The van der Waals surface area contributed by atoms with Gasteiger partial charge in [-0.3, -0.25) is 52.7 Å². The Bertz CT molecular complexity index is 5950. The van der Waals surface area contributed by atoms with Crippen LogP contribution in [0, 0.1) is 0 Å². The number of para-hydroxylation sites is 4. The summed E-state index contributed by atoms with van der Waals surface area (Å²) in [6.45, 7) is 1.63. The van der Waals surface area contributed by atoms with E-state index < -0.39 is 150 Å². The molecule has 37 heteroatoms. The van der Waals surface area contributed by atoms with Crippen LogP contribution in [0.5, 0.6) is 0 Å². The van der Waals surface area contributed by atoms with Crippen LogP contribution >= 0.6 is 0 Å². The zero-order valence-electron chi connectivity index (χ0n) is 80.4. The van der Waals surface area contributed by atoms with Crippen LogP contribution in [0.4, 0.5) is 4.79 Å². The van der Waals surface area contributed by atoms with Crippen LogP contribution in [-0.2, 0) is 88.0 Å². The van der Waals surface area contributed by atoms with Crippen LogP contribution < -0.4 is 87.6 Å². The lowest BCUT2D eigenvalue weighted by molar-refractivity contribution is -0.143. The first-order valence-electron chi connectivity index (χ1n) is 50.1. The predicted molar refractivity (Wildman–Crippen MR) is 542 cm³/mol. The summed E-state index contributed by atoms with van der Waals surface area (Å²) in [6.07, 6.45) is 11.8. The van der Waals surface area contributed by atoms with Gasteiger partial charge in [-0.15, -0.1) is 0 Å². The lowest BCUT2D eigenvalue weighted by Crippen LogP contribution is -2.61. The van der Waals surface area contributed by atoms with Crippen molar-refractivity contribution in [3.63, 3.8) is 0 Å². The van der Waals surface area contributed by atoms with Crippen molar-refractivity contribution in [3.05, 3.63) is 204 Å². The number of carboxylic acids is 1. The quantitative estimate of drug-likeness (QED) is 0.0194. The number of aliphatic carboxylic acids is 1. The largest absolute Gasteiger partial charge is 0.480 e. The SMILES string of the molecule is NCCCC[C@H](NC(=O)[C@H](Cc1c[nH]c2ccccc12)NC(=O)[C@H](CCCCN)NC(=O)[C@H](Cc1c[nH]c2ccccc12)NC(=O)[C@@H]1CCCN1C(=O)[C@H](CCCCN)NC(=O)[C@H](CCCCN)NC(=O)[C@@H]1CCCN1C(=O)[C@H](Cc1c[nH]c2ccccc12)NC(=O)[C@H](CCCCN)NC(=O)[C@H](Cc1c[nH]c2ccccc12)NC(=O)[C@H](CCCCN)NC(=O)OCC1c2ccccc2-c2ccccc21)C(=O)O. The number of aromatic nitrogens is 4. The molecule has 13 rings (SSSR count). The summed E-state index contributed by atoms with van der Waals surface area (Å²) >= 11 is 0. The number of benzene rings is 6. The van der Waals surface area contributed by atoms with Gasteiger partial charge in [0, 0.05) is 113 Å². The van der Waals surface area contributed by atoms with Crippen molar-refractivity contribution in [1.29, 1.82) is 0 Å². The van der Waals surface area contributed by atoms with E-state index in [-0.39, 0.29) is 129 Å². The van der Waals surface area contributed by atoms with Gasteiger partial charge < -0.3 is 127 Å². The first kappa shape index (κ1) is 105. The molecule has 1 aliphatic carbocycles. The minimum Gasteiger partial charge on any atom is -0.480 e. The van der Waals surface area contributed by atoms with Crippen molar-refractivity contribution in [3.8, 4) is 11.1 Å². The van der Waals surface area contributed by atoms with E-state index in [1.165, 1.54) is 9.80 Å². The maximum absolute atomic E-state index is 15.9. The van der Waals surface area contributed by atoms with Gasteiger partial charge in [0.1, 0.15) is 79.1 Å². The molecule has 3 aliphatic rings. The van der Waals surface area contributed by atoms with Gasteiger partial charge in [0.2, 0.25) is 65.0 Å². The molecule has 37 nitrogen and oxygen atoms in total. The summed E-state index contributed by atoms with van der Waals surface area (Å²) in [5, 5.41) is 42.2. The molecule has 0 unspecified atom stereocenters. The number of rotatable bonds is 56. The Balaban J connectivity index is 0.716. The van der Waals surface area contributed by atoms with Gasteiger partial charge in [-0.1, -0.05) is 121 Å². The number of aromatic amines is 4. The molecule has 12 amide bonds. The summed E-state index contributed by atoms with van der Waals surface area (Å²) in [7, 11) is 0. The molecule has 142 heavy (non-hydrogen) atoms. The normalized spacial score (nSPS) is 16.1. The molecule has 758 valence electrons. The molecule has 6 heterocycles. The highest BCUT2D eigenvalue weighted by molar-refractivity contribution is 6.02. The number of unbranched alkanes of at least 4 members (excludes halogenated alkanes) is 6. The Hall–Kier alpha value is -13.9. The fourth-order valence-electron chi connectivity index (χ4n) is 19.7. The number of carbonyl (C=O) groups excluding carboxylic acids is 12. The summed E-state index contributed by atoms with van der Waals surface area (Å²) in [6, 6.07) is 29.6. The van der Waals surface area contributed by atoms with Gasteiger partial charge in [-0.2, -0.15) is 0 Å². The number of nitrogens with zero attached hydrogens (tertiary/aromatic N) is 2. The number of ether oxygens (including phenoxy) is 1. The van der Waals surface area contributed by atoms with Gasteiger partial charge in [0.25, 0.3) is 0 Å². The minimum absolute atomic E-state index is 0.0217. The van der Waals surface area contributed by atoms with Crippen LogP contribution in [0.1, 0.15) is 181 Å². The molecular formula is C105H138N22O15. The van der Waals surface area contributed by atoms with Crippen molar-refractivity contribution in [2.24, 2.45) is 34.4 Å². The maximum atomic E-state index is 15.9. The van der Waals surface area contributed by atoms with Gasteiger partial charge in [-0.05, 0) is 249 Å². The van der Waals surface area contributed by atoms with Crippen molar-refractivity contribution in [2.45, 2.75) is 245 Å². The molecule has 6 aromatic carbocycles. The first-order chi connectivity index (χ1) is 69.0. The highest BCUT2D eigenvalue weighted by Gasteiger charge is 2.45. The Morgan fingerprint density at radius 2 is 0.585 bits per heavy atom. The number of hydrogen-bond acceptors (Lipinski definition) is 20. The molecule has 0 saturated carbocycles. The number of H-pyrrole nitrogens is 4. The van der Waals surface area contributed by atoms with E-state index in [0.717, 1.165) is 65.9 Å². The van der Waals surface area contributed by atoms with Gasteiger partial charge in [0.05, 0.1) is 0 Å². The average Bonchev–Trinajstić information content (AvgIpc) is 1.61. The van der Waals surface area contributed by atoms with E-state index in [2.05, 4.69) is 73.1 Å². The second-order valence-corrected chi connectivity index (χ2v) is 37.3. The molecule has 0 bridgehead atoms. The van der Waals surface area contributed by atoms with E-state index in [9.17, 15) is 24.3 Å². The number of nitrogens with one attached hydrogen (secondary N) is 14. The van der Waals surface area contributed by atoms with Crippen LogP contribution in [-0.4, -0.2) is 243 Å². The van der Waals surface area contributed by atoms with Crippen LogP contribution in [0.25, 0.3) is 54.7 Å². The summed E-state index contributed by atoms with van der Waals surface area (Å²) in [5.41, 5.74) is 45.5. The Kier molecular flexibility index (Phi) is 39.1. The van der Waals surface area contributed by atoms with E-state index >= 15 is 43.2 Å². The summed E-state index contributed by atoms with van der Waals surface area (Å²) < 4.78 is 5.95. The van der Waals surface area contributed by atoms with E-state index in [4.69, 9.17) is 39.1 Å². The number of likely N-dealkylation sites (tertiary alicyclic amines) is 2. The topological polar surface area (TPSA) is 597 Å². The van der Waals surface area contributed by atoms with E-state index in [0.29, 0.717) is 125 Å². The lowest BCUT2D eigenvalue weighted by atomic mass is 9.98. The van der Waals surface area contributed by atoms with Crippen molar-refractivity contribution in [1.82, 2.24) is 82.9 Å². The third kappa shape index (κ3) is 27.7. The first-order valence-corrected chi connectivity index (χ1v) is 50.1. The molecule has 10 aromatic rings. The van der Waals surface area contributed by atoms with Gasteiger partial charge in [0.15, 0.2) is 0 Å². The zero-order valence-corrected chi connectivity index (χ0v) is 80.4. The smallest absolute Gasteiger partial charge is 0.407 e. The van der Waals surface area contributed by atoms with Crippen LogP contribution in [0.2, 0.25) is 0 Å². The number of alkyl carbamates (subject to hydrolysis) is 1. The zero-order chi connectivity index (χ0) is 101. The highest BCUT2D eigenvalue weighted by atomic mass is 16.5. The fraction of sp³-hybridized carbons (Fsp3) is 0.457. The van der Waals surface area contributed by atoms with E-state index in [1.54, 1.807) is 24.8 Å². The molecule has 2 fully saturated rings. The Morgan fingerprint density at radius 3 is 0.951 bits per heavy atom. The molecule has 2 aliphatic heterocycles. The second kappa shape index (κ2) is 52.6. The molecule has 0 spiro atoms. The number of hydrogen-bond donors (Lipinski definition) is 21. The molecule has 4 aromatic heterocycles. The van der Waals surface area contributed by atoms with Crippen molar-refractivity contribution in [2.75, 3.05) is 59.0 Å². The average molecular weight is 1950 g/mol. The summed E-state index contributed by atoms with van der Waals surface area (Å²) in [4.78, 5) is 211. The number of nitrogens with two attached hydrogens (primary N) is 6. The van der Waals surface area contributed by atoms with E-state index in [1.807, 2.05) is 146 Å². The third-order valence-corrected chi connectivity index (χ3v) is 27.3. The standard InChI is InChI=1S/C105H138N22O15/c106-47-19-13-39-81(94(129)121-88(56-65-60-113-78-36-10-6-28-69(65)78)99(134)120-86(104(139)140)44-18-24-52-111)116-98(133)89(57-66-61-114-79-37-11-7-29-70(66)79)123-101(136)92-46-25-53-126(92)102(137)85(43-17-23-51-110)119-93(128)83(41-15-21-49-108)118-100(135)91-45-26-54-127(91)103(138)90(58-67-62-115-80-38-12-8-30-71(67)80)124-95(130)82(40-14-20-48-107)117-97(132)87(55-64-59-112-77-35-9-5-27-68(64)77)122-96(131)84(42-16-22-50-109)125-105(141)142-63-76-74-33-3-1-31-72(74)73-32-2-4-34-75(73)76/h1-12,27-38,59-62,76,81-92,112-115H,13-26,39-58,63,106-111H2,(H,116,133)(H,117,132)(H,118,135)(H,119,128)(H,120,134)(H,121,129)(H,122,131)(H,123,136)(H,124,130)(H,125,141)(H,139,140)/t81-,82-,83-,84-,85-,86-,87-,88-,89-,90-,91-,92-/m0/s1. The molecule has 27 N–H and O–H groups in total. The van der Waals surface area contributed by atoms with Crippen molar-refractivity contribution >= 4 is 121 Å². The third-order valence-electron chi connectivity index (χ3n) is 27.3. The monoisotopic (exact) mass is 1950 g/mol. The summed E-state index contributed by atoms with van der Waals surface area (Å²) in [5.74, 6) is -9.58. The maximum Gasteiger partial charge on any atom is 0.407 e. The van der Waals surface area contributed by atoms with Gasteiger partial charge >= 0.3 is 12.1 Å². The van der Waals surface area contributed by atoms with Crippen molar-refractivity contribution < 1.29 is 72.2 Å².